The van der Waals surface area contributed by atoms with Gasteiger partial charge in [-0.3, -0.25) is 14.6 Å². The lowest BCUT2D eigenvalue weighted by Crippen LogP contribution is -2.12. The summed E-state index contributed by atoms with van der Waals surface area (Å²) < 4.78 is 26.6. The third-order valence-electron chi connectivity index (χ3n) is 2.76. The number of fused-ring (bicyclic) bond motifs is 1. The molecule has 0 radical (unpaired) electrons. The van der Waals surface area contributed by atoms with E-state index in [0.717, 1.165) is 0 Å². The monoisotopic (exact) mass is 278 g/mol. The van der Waals surface area contributed by atoms with E-state index in [0.29, 0.717) is 16.9 Å². The molecular formula is C11H10N4O3S. The first-order valence-corrected chi connectivity index (χ1v) is 6.97. The Kier molecular flexibility index (Phi) is 2.53. The van der Waals surface area contributed by atoms with Crippen molar-refractivity contribution in [1.29, 1.82) is 0 Å². The van der Waals surface area contributed by atoms with Crippen LogP contribution in [-0.4, -0.2) is 24.5 Å². The lowest BCUT2D eigenvalue weighted by molar-refractivity contribution is -0.115. The van der Waals surface area contributed by atoms with Crippen LogP contribution < -0.4 is 10.0 Å². The van der Waals surface area contributed by atoms with Crippen molar-refractivity contribution in [2.75, 3.05) is 10.0 Å². The fourth-order valence-corrected chi connectivity index (χ4v) is 2.98. The molecule has 1 aromatic carbocycles. The number of nitrogens with one attached hydrogen (secondary N) is 3. The number of nitrogens with zero attached hydrogens (tertiary/aromatic N) is 1. The molecule has 0 bridgehead atoms. The maximum atomic E-state index is 12.1. The Labute approximate surface area is 109 Å². The molecule has 98 valence electrons. The van der Waals surface area contributed by atoms with Gasteiger partial charge in [-0.2, -0.15) is 5.10 Å². The van der Waals surface area contributed by atoms with Crippen molar-refractivity contribution in [1.82, 2.24) is 10.2 Å². The predicted octanol–water partition coefficient (Wildman–Crippen LogP) is 0.705. The number of carbonyl (C=O) groups excluding carboxylic acids is 1. The average Bonchev–Trinajstić information content (AvgIpc) is 2.95. The number of hydrogen-bond donors (Lipinski definition) is 3. The zero-order chi connectivity index (χ0) is 13.5. The van der Waals surface area contributed by atoms with E-state index in [2.05, 4.69) is 20.2 Å². The predicted molar refractivity (Wildman–Crippen MR) is 68.2 cm³/mol. The number of aromatic nitrogens is 2. The number of hydrogen-bond acceptors (Lipinski definition) is 4. The molecule has 1 amide bonds. The second-order valence-corrected chi connectivity index (χ2v) is 5.82. The highest BCUT2D eigenvalue weighted by molar-refractivity contribution is 7.92. The molecule has 3 rings (SSSR count). The van der Waals surface area contributed by atoms with Crippen molar-refractivity contribution in [3.05, 3.63) is 36.2 Å². The third kappa shape index (κ3) is 2.17. The Morgan fingerprint density at radius 1 is 1.32 bits per heavy atom. The van der Waals surface area contributed by atoms with Crippen LogP contribution in [-0.2, 0) is 21.2 Å². The molecule has 0 spiro atoms. The summed E-state index contributed by atoms with van der Waals surface area (Å²) in [4.78, 5) is 11.3. The molecule has 2 aromatic rings. The molecule has 0 fully saturated rings. The number of carbonyl (C=O) groups is 1. The number of rotatable bonds is 3. The van der Waals surface area contributed by atoms with Crippen molar-refractivity contribution < 1.29 is 13.2 Å². The SMILES string of the molecule is O=C1Cc2cc(S(=O)(=O)Nc3cn[nH]c3)ccc2N1. The van der Waals surface area contributed by atoms with Crippen molar-refractivity contribution >= 4 is 27.3 Å². The molecule has 7 nitrogen and oxygen atoms in total. The second-order valence-electron chi connectivity index (χ2n) is 4.14. The van der Waals surface area contributed by atoms with Crippen LogP contribution in [0.4, 0.5) is 11.4 Å². The summed E-state index contributed by atoms with van der Waals surface area (Å²) in [5, 5.41) is 8.83. The van der Waals surface area contributed by atoms with Crippen molar-refractivity contribution in [2.45, 2.75) is 11.3 Å². The minimum atomic E-state index is -3.67. The van der Waals surface area contributed by atoms with E-state index < -0.39 is 10.0 Å². The molecular weight excluding hydrogens is 268 g/mol. The number of benzene rings is 1. The number of H-pyrrole nitrogens is 1. The molecule has 0 aliphatic carbocycles. The van der Waals surface area contributed by atoms with Gasteiger partial charge in [0.2, 0.25) is 5.91 Å². The van der Waals surface area contributed by atoms with Crippen LogP contribution >= 0.6 is 0 Å². The van der Waals surface area contributed by atoms with Crippen LogP contribution in [0, 0.1) is 0 Å². The Hall–Kier alpha value is -2.35. The normalized spacial score (nSPS) is 14.0. The van der Waals surface area contributed by atoms with Gasteiger partial charge in [-0.05, 0) is 23.8 Å². The summed E-state index contributed by atoms with van der Waals surface area (Å²) in [6.45, 7) is 0. The fraction of sp³-hybridized carbons (Fsp3) is 0.0909. The van der Waals surface area contributed by atoms with Gasteiger partial charge in [0.1, 0.15) is 0 Å². The minimum Gasteiger partial charge on any atom is -0.326 e. The summed E-state index contributed by atoms with van der Waals surface area (Å²) in [5.74, 6) is -0.132. The molecule has 3 N–H and O–H groups in total. The average molecular weight is 278 g/mol. The summed E-state index contributed by atoms with van der Waals surface area (Å²) in [5.41, 5.74) is 1.70. The van der Waals surface area contributed by atoms with Crippen LogP contribution in [0.25, 0.3) is 0 Å². The van der Waals surface area contributed by atoms with Crippen molar-refractivity contribution in [3.8, 4) is 0 Å². The summed E-state index contributed by atoms with van der Waals surface area (Å²) in [6, 6.07) is 4.53. The van der Waals surface area contributed by atoms with Crippen LogP contribution in [0.2, 0.25) is 0 Å². The first kappa shape index (κ1) is 11.7. The van der Waals surface area contributed by atoms with E-state index in [-0.39, 0.29) is 17.2 Å². The molecule has 0 saturated carbocycles. The van der Waals surface area contributed by atoms with Gasteiger partial charge in [0.25, 0.3) is 10.0 Å². The zero-order valence-corrected chi connectivity index (χ0v) is 10.5. The molecule has 8 heteroatoms. The van der Waals surface area contributed by atoms with Gasteiger partial charge in [-0.25, -0.2) is 8.42 Å². The maximum absolute atomic E-state index is 12.1. The summed E-state index contributed by atoms with van der Waals surface area (Å²) >= 11 is 0. The molecule has 1 aliphatic rings. The van der Waals surface area contributed by atoms with Crippen molar-refractivity contribution in [3.63, 3.8) is 0 Å². The van der Waals surface area contributed by atoms with Gasteiger partial charge in [0.15, 0.2) is 0 Å². The van der Waals surface area contributed by atoms with E-state index in [1.165, 1.54) is 24.5 Å². The largest absolute Gasteiger partial charge is 0.326 e. The first-order valence-electron chi connectivity index (χ1n) is 5.49. The molecule has 0 atom stereocenters. The smallest absolute Gasteiger partial charge is 0.262 e. The first-order chi connectivity index (χ1) is 9.04. The Morgan fingerprint density at radius 2 is 2.16 bits per heavy atom. The van der Waals surface area contributed by atoms with E-state index in [4.69, 9.17) is 0 Å². The highest BCUT2D eigenvalue weighted by Gasteiger charge is 2.21. The fourth-order valence-electron chi connectivity index (χ4n) is 1.89. The molecule has 0 saturated heterocycles. The molecule has 19 heavy (non-hydrogen) atoms. The Balaban J connectivity index is 1.94. The minimum absolute atomic E-state index is 0.115. The highest BCUT2D eigenvalue weighted by Crippen LogP contribution is 2.26. The highest BCUT2D eigenvalue weighted by atomic mass is 32.2. The number of amides is 1. The molecule has 2 heterocycles. The van der Waals surface area contributed by atoms with E-state index in [1.807, 2.05) is 0 Å². The Morgan fingerprint density at radius 3 is 2.89 bits per heavy atom. The van der Waals surface area contributed by atoms with E-state index in [9.17, 15) is 13.2 Å². The lowest BCUT2D eigenvalue weighted by Gasteiger charge is -2.07. The van der Waals surface area contributed by atoms with Gasteiger partial charge in [0.05, 0.1) is 23.2 Å². The topological polar surface area (TPSA) is 104 Å². The second kappa shape index (κ2) is 4.09. The van der Waals surface area contributed by atoms with Crippen LogP contribution in [0.3, 0.4) is 0 Å². The third-order valence-corrected chi connectivity index (χ3v) is 4.14. The Bertz CT molecular complexity index is 737. The van der Waals surface area contributed by atoms with Gasteiger partial charge < -0.3 is 5.32 Å². The van der Waals surface area contributed by atoms with E-state index >= 15 is 0 Å². The van der Waals surface area contributed by atoms with Gasteiger partial charge in [-0.15, -0.1) is 0 Å². The zero-order valence-electron chi connectivity index (χ0n) is 9.67. The number of aromatic amines is 1. The van der Waals surface area contributed by atoms with Gasteiger partial charge in [0, 0.05) is 11.9 Å². The molecule has 0 unspecified atom stereocenters. The van der Waals surface area contributed by atoms with Crippen LogP contribution in [0.5, 0.6) is 0 Å². The van der Waals surface area contributed by atoms with Crippen LogP contribution in [0.15, 0.2) is 35.5 Å². The molecule has 1 aromatic heterocycles. The molecule has 1 aliphatic heterocycles. The summed E-state index contributed by atoms with van der Waals surface area (Å²) in [6.07, 6.45) is 3.01. The van der Waals surface area contributed by atoms with E-state index in [1.54, 1.807) is 6.07 Å². The van der Waals surface area contributed by atoms with Crippen LogP contribution in [0.1, 0.15) is 5.56 Å². The standard InChI is InChI=1S/C11H10N4O3S/c16-11-4-7-3-9(1-2-10(7)14-11)19(17,18)15-8-5-12-13-6-8/h1-3,5-6,15H,4H2,(H,12,13)(H,14,16). The van der Waals surface area contributed by atoms with Crippen molar-refractivity contribution in [2.24, 2.45) is 0 Å². The summed E-state index contributed by atoms with van der Waals surface area (Å²) in [7, 11) is -3.67. The number of sulfonamides is 1. The quantitative estimate of drug-likeness (QED) is 0.769. The van der Waals surface area contributed by atoms with Gasteiger partial charge >= 0.3 is 0 Å². The lowest BCUT2D eigenvalue weighted by atomic mass is 10.2. The maximum Gasteiger partial charge on any atom is 0.262 e. The van der Waals surface area contributed by atoms with Gasteiger partial charge in [-0.1, -0.05) is 0 Å². The number of anilines is 2.